The van der Waals surface area contributed by atoms with Crippen LogP contribution in [0, 0.1) is 45.3 Å². The predicted octanol–water partition coefficient (Wildman–Crippen LogP) is 3.99. The highest BCUT2D eigenvalue weighted by Gasteiger charge is 2.71. The molecule has 3 N–H and O–H groups in total. The number of fused-ring (bicyclic) bond motifs is 5. The molecule has 1 aliphatic heterocycles. The molecule has 1 heterocycles. The molecule has 5 aliphatic rings. The van der Waals surface area contributed by atoms with Crippen molar-refractivity contribution in [3.05, 3.63) is 23.8 Å². The van der Waals surface area contributed by atoms with Crippen LogP contribution in [-0.4, -0.2) is 63.7 Å². The number of allylic oxidation sites excluding steroid dienone is 3. The van der Waals surface area contributed by atoms with Crippen LogP contribution in [0.3, 0.4) is 0 Å². The van der Waals surface area contributed by atoms with E-state index in [2.05, 4.69) is 26.8 Å². The number of ether oxygens (including phenoxy) is 2. The summed E-state index contributed by atoms with van der Waals surface area (Å²) in [4.78, 5) is 25.5. The first-order valence-corrected chi connectivity index (χ1v) is 14.7. The van der Waals surface area contributed by atoms with Crippen LogP contribution in [0.4, 0.5) is 0 Å². The maximum absolute atomic E-state index is 13.0. The van der Waals surface area contributed by atoms with E-state index in [0.29, 0.717) is 25.9 Å². The molecule has 3 fully saturated rings. The molecule has 0 bridgehead atoms. The van der Waals surface area contributed by atoms with Gasteiger partial charge in [-0.15, -0.1) is 0 Å². The van der Waals surface area contributed by atoms with E-state index in [1.54, 1.807) is 19.9 Å². The molecule has 0 aromatic carbocycles. The zero-order valence-electron chi connectivity index (χ0n) is 24.9. The molecular formula is C32H48O7. The highest BCUT2D eigenvalue weighted by Crippen LogP contribution is 2.72. The standard InChI is InChI=1S/C32H48O7/c1-17(33)39-25-14-23-28(2,3)24(36)11-12-30(23,6)26-21(35)15-31(7)19(9-10-22(31)32(25,26)8)18-13-20(34)27(38-16-18)29(4,5)37/h10-12,18-21,23,25-27,34-35,37H,9,13-16H2,1-8H3/t18-,19+,20-,21-,23+,25-,26-,27-,30+,31+,32-/m1/s1. The molecule has 4 aliphatic carbocycles. The second-order valence-electron chi connectivity index (χ2n) is 15.1. The summed E-state index contributed by atoms with van der Waals surface area (Å²) in [5.74, 6) is -0.385. The van der Waals surface area contributed by atoms with Crippen LogP contribution < -0.4 is 0 Å². The Balaban J connectivity index is 1.54. The summed E-state index contributed by atoms with van der Waals surface area (Å²) < 4.78 is 12.2. The molecular weight excluding hydrogens is 496 g/mol. The molecule has 0 spiro atoms. The van der Waals surface area contributed by atoms with Crippen molar-refractivity contribution >= 4 is 11.8 Å². The Morgan fingerprint density at radius 1 is 1.10 bits per heavy atom. The highest BCUT2D eigenvalue weighted by molar-refractivity contribution is 5.95. The van der Waals surface area contributed by atoms with Gasteiger partial charge in [-0.1, -0.05) is 52.3 Å². The maximum atomic E-state index is 13.0. The Labute approximate surface area is 233 Å². The molecule has 218 valence electrons. The number of carbonyl (C=O) groups excluding carboxylic acids is 2. The van der Waals surface area contributed by atoms with Crippen molar-refractivity contribution in [1.29, 1.82) is 0 Å². The molecule has 0 aromatic heterocycles. The largest absolute Gasteiger partial charge is 0.462 e. The lowest BCUT2D eigenvalue weighted by Gasteiger charge is -2.67. The molecule has 39 heavy (non-hydrogen) atoms. The topological polar surface area (TPSA) is 113 Å². The lowest BCUT2D eigenvalue weighted by Crippen LogP contribution is -2.68. The molecule has 7 nitrogen and oxygen atoms in total. The Hall–Kier alpha value is -1.54. The SMILES string of the molecule is CC(=O)O[C@@H]1C[C@H]2C(C)(C)C(=O)C=C[C@]2(C)[C@H]2[C@H](O)C[C@]3(C)C(=CC[C@H]3[C@H]3CO[C@@H](C(C)(C)O)[C@H](O)C3)[C@@]21C. The van der Waals surface area contributed by atoms with Gasteiger partial charge in [-0.3, -0.25) is 9.59 Å². The highest BCUT2D eigenvalue weighted by atomic mass is 16.5. The normalized spacial score (nSPS) is 49.0. The number of aliphatic hydroxyl groups excluding tert-OH is 2. The van der Waals surface area contributed by atoms with Gasteiger partial charge < -0.3 is 24.8 Å². The first kappa shape index (κ1) is 29.0. The zero-order chi connectivity index (χ0) is 28.9. The number of rotatable bonds is 3. The first-order chi connectivity index (χ1) is 17.9. The van der Waals surface area contributed by atoms with E-state index in [-0.39, 0.29) is 40.8 Å². The Kier molecular flexibility index (Phi) is 6.67. The molecule has 0 unspecified atom stereocenters. The minimum Gasteiger partial charge on any atom is -0.462 e. The zero-order valence-corrected chi connectivity index (χ0v) is 24.9. The fraction of sp³-hybridized carbons (Fsp3) is 0.812. The summed E-state index contributed by atoms with van der Waals surface area (Å²) in [5, 5.41) is 33.5. The van der Waals surface area contributed by atoms with E-state index >= 15 is 0 Å². The van der Waals surface area contributed by atoms with Crippen molar-refractivity contribution in [3.63, 3.8) is 0 Å². The van der Waals surface area contributed by atoms with Gasteiger partial charge >= 0.3 is 5.97 Å². The van der Waals surface area contributed by atoms with E-state index in [4.69, 9.17) is 9.47 Å². The Morgan fingerprint density at radius 2 is 1.77 bits per heavy atom. The average Bonchev–Trinajstić information content (AvgIpc) is 3.14. The van der Waals surface area contributed by atoms with Gasteiger partial charge in [-0.2, -0.15) is 0 Å². The number of hydrogen-bond acceptors (Lipinski definition) is 7. The maximum Gasteiger partial charge on any atom is 0.302 e. The number of ketones is 1. The summed E-state index contributed by atoms with van der Waals surface area (Å²) in [6.45, 7) is 15.7. The summed E-state index contributed by atoms with van der Waals surface area (Å²) >= 11 is 0. The van der Waals surface area contributed by atoms with Crippen LogP contribution in [0.1, 0.15) is 81.1 Å². The first-order valence-electron chi connectivity index (χ1n) is 14.7. The quantitative estimate of drug-likeness (QED) is 0.364. The Morgan fingerprint density at radius 3 is 2.36 bits per heavy atom. The van der Waals surface area contributed by atoms with Crippen LogP contribution in [-0.2, 0) is 19.1 Å². The van der Waals surface area contributed by atoms with E-state index in [1.165, 1.54) is 12.5 Å². The second kappa shape index (κ2) is 8.98. The third kappa shape index (κ3) is 4.04. The predicted molar refractivity (Wildman–Crippen MR) is 146 cm³/mol. The lowest BCUT2D eigenvalue weighted by atomic mass is 9.37. The molecule has 0 aromatic rings. The fourth-order valence-electron chi connectivity index (χ4n) is 10.3. The number of carbonyl (C=O) groups is 2. The second-order valence-corrected chi connectivity index (χ2v) is 15.1. The Bertz CT molecular complexity index is 1100. The van der Waals surface area contributed by atoms with Crippen LogP contribution in [0.5, 0.6) is 0 Å². The van der Waals surface area contributed by atoms with Crippen LogP contribution >= 0.6 is 0 Å². The van der Waals surface area contributed by atoms with Crippen molar-refractivity contribution in [2.24, 2.45) is 45.3 Å². The molecule has 5 rings (SSSR count). The van der Waals surface area contributed by atoms with Crippen molar-refractivity contribution in [1.82, 2.24) is 0 Å². The van der Waals surface area contributed by atoms with Crippen LogP contribution in [0.2, 0.25) is 0 Å². The monoisotopic (exact) mass is 544 g/mol. The van der Waals surface area contributed by atoms with Crippen molar-refractivity contribution in [3.8, 4) is 0 Å². The third-order valence-electron chi connectivity index (χ3n) is 11.9. The third-order valence-corrected chi connectivity index (χ3v) is 11.9. The van der Waals surface area contributed by atoms with Gasteiger partial charge in [0.05, 0.1) is 24.4 Å². The van der Waals surface area contributed by atoms with Gasteiger partial charge in [0, 0.05) is 23.7 Å². The lowest BCUT2D eigenvalue weighted by molar-refractivity contribution is -0.215. The fourth-order valence-corrected chi connectivity index (χ4v) is 10.3. The molecule has 7 heteroatoms. The molecule has 0 amide bonds. The number of hydrogen-bond donors (Lipinski definition) is 3. The van der Waals surface area contributed by atoms with Gasteiger partial charge in [0.15, 0.2) is 5.78 Å². The summed E-state index contributed by atoms with van der Waals surface area (Å²) in [6.07, 6.45) is 5.91. The van der Waals surface area contributed by atoms with E-state index < -0.39 is 46.3 Å². The van der Waals surface area contributed by atoms with Gasteiger partial charge in [-0.05, 0) is 74.2 Å². The van der Waals surface area contributed by atoms with E-state index in [0.717, 1.165) is 6.42 Å². The molecule has 11 atom stereocenters. The number of esters is 1. The van der Waals surface area contributed by atoms with Crippen LogP contribution in [0.15, 0.2) is 23.8 Å². The molecule has 0 radical (unpaired) electrons. The van der Waals surface area contributed by atoms with Crippen molar-refractivity contribution < 1.29 is 34.4 Å². The average molecular weight is 545 g/mol. The minimum atomic E-state index is -1.14. The van der Waals surface area contributed by atoms with E-state index in [1.807, 2.05) is 19.9 Å². The van der Waals surface area contributed by atoms with E-state index in [9.17, 15) is 24.9 Å². The minimum absolute atomic E-state index is 0.0648. The number of aliphatic hydroxyl groups is 3. The molecule has 2 saturated carbocycles. The smallest absolute Gasteiger partial charge is 0.302 e. The van der Waals surface area contributed by atoms with Gasteiger partial charge in [-0.25, -0.2) is 0 Å². The van der Waals surface area contributed by atoms with Gasteiger partial charge in [0.1, 0.15) is 12.2 Å². The van der Waals surface area contributed by atoms with Crippen molar-refractivity contribution in [2.75, 3.05) is 6.61 Å². The summed E-state index contributed by atoms with van der Waals surface area (Å²) in [7, 11) is 0. The van der Waals surface area contributed by atoms with Gasteiger partial charge in [0.25, 0.3) is 0 Å². The van der Waals surface area contributed by atoms with Crippen LogP contribution in [0.25, 0.3) is 0 Å². The molecule has 1 saturated heterocycles. The summed E-state index contributed by atoms with van der Waals surface area (Å²) in [5.41, 5.74) is -1.99. The summed E-state index contributed by atoms with van der Waals surface area (Å²) in [6, 6.07) is 0. The van der Waals surface area contributed by atoms with Gasteiger partial charge in [0.2, 0.25) is 0 Å². The van der Waals surface area contributed by atoms with Crippen molar-refractivity contribution in [2.45, 2.75) is 111 Å².